The summed E-state index contributed by atoms with van der Waals surface area (Å²) in [5.74, 6) is 0. The molecule has 1 radical (unpaired) electrons. The molecule has 0 heterocycles. The summed E-state index contributed by atoms with van der Waals surface area (Å²) < 4.78 is 34.1. The van der Waals surface area contributed by atoms with Crippen LogP contribution >= 0.6 is 0 Å². The molecule has 0 atom stereocenters. The molecule has 0 amide bonds. The number of aliphatic hydroxyl groups excluding tert-OH is 1. The third-order valence-corrected chi connectivity index (χ3v) is 0. The van der Waals surface area contributed by atoms with Gasteiger partial charge in [0, 0.05) is 17.5 Å². The Kier molecular flexibility index (Phi) is 14.5. The van der Waals surface area contributed by atoms with Crippen LogP contribution in [0.4, 0.5) is 0 Å². The minimum atomic E-state index is -5.17. The van der Waals surface area contributed by atoms with Gasteiger partial charge in [0.05, 0.1) is 0 Å². The Labute approximate surface area is 57.8 Å². The van der Waals surface area contributed by atoms with Crippen LogP contribution in [0.1, 0.15) is 0 Å². The third kappa shape index (κ3) is 1490. The van der Waals surface area contributed by atoms with Crippen LogP contribution in [0.3, 0.4) is 0 Å². The van der Waals surface area contributed by atoms with E-state index in [9.17, 15) is 0 Å². The molecule has 0 aliphatic rings. The molecule has 55 valence electrons. The van der Waals surface area contributed by atoms with E-state index >= 15 is 0 Å². The molecule has 0 rings (SSSR count). The van der Waals surface area contributed by atoms with Crippen molar-refractivity contribution in [1.29, 1.82) is 0 Å². The Balaban J connectivity index is -0.0000000750. The van der Waals surface area contributed by atoms with Gasteiger partial charge in [0.2, 0.25) is 0 Å². The monoisotopic (exact) mass is 191 g/mol. The topological polar surface area (TPSA) is 100 Å². The molecule has 0 fully saturated rings. The smallest absolute Gasteiger partial charge is 0.759 e. The molecular formula is CH4CuO5S. The molecule has 1 N–H and O–H groups in total. The minimum Gasteiger partial charge on any atom is -0.759 e. The molecule has 0 aliphatic heterocycles. The Morgan fingerprint density at radius 1 is 1.25 bits per heavy atom. The maximum atomic E-state index is 8.52. The van der Waals surface area contributed by atoms with E-state index in [0.717, 1.165) is 7.11 Å². The van der Waals surface area contributed by atoms with Crippen LogP contribution in [0.15, 0.2) is 0 Å². The van der Waals surface area contributed by atoms with E-state index in [1.807, 2.05) is 0 Å². The fraction of sp³-hybridized carbons (Fsp3) is 1.00. The van der Waals surface area contributed by atoms with E-state index in [4.69, 9.17) is 22.6 Å². The van der Waals surface area contributed by atoms with Crippen LogP contribution in [0.5, 0.6) is 0 Å². The van der Waals surface area contributed by atoms with Crippen molar-refractivity contribution in [2.75, 3.05) is 7.11 Å². The van der Waals surface area contributed by atoms with E-state index in [-0.39, 0.29) is 17.1 Å². The molecule has 0 aliphatic carbocycles. The van der Waals surface area contributed by atoms with Crippen molar-refractivity contribution in [2.24, 2.45) is 0 Å². The van der Waals surface area contributed by atoms with Crippen molar-refractivity contribution < 1.29 is 39.7 Å². The van der Waals surface area contributed by atoms with Gasteiger partial charge in [0.1, 0.15) is 0 Å². The first kappa shape index (κ1) is 15.8. The predicted molar refractivity (Wildman–Crippen MR) is 18.6 cm³/mol. The quantitative estimate of drug-likeness (QED) is 0.279. The van der Waals surface area contributed by atoms with Crippen molar-refractivity contribution in [3.63, 3.8) is 0 Å². The number of rotatable bonds is 0. The van der Waals surface area contributed by atoms with Gasteiger partial charge in [-0.3, -0.25) is 8.42 Å². The first-order valence-electron chi connectivity index (χ1n) is 1.11. The Hall–Kier alpha value is 0.349. The fourth-order valence-corrected chi connectivity index (χ4v) is 0. The summed E-state index contributed by atoms with van der Waals surface area (Å²) in [5.41, 5.74) is 0. The molecule has 5 nitrogen and oxygen atoms in total. The average molecular weight is 192 g/mol. The van der Waals surface area contributed by atoms with Crippen LogP contribution in [0, 0.1) is 0 Å². The summed E-state index contributed by atoms with van der Waals surface area (Å²) in [5, 5.41) is 7.00. The van der Waals surface area contributed by atoms with E-state index in [1.165, 1.54) is 0 Å². The van der Waals surface area contributed by atoms with E-state index in [1.54, 1.807) is 0 Å². The van der Waals surface area contributed by atoms with E-state index < -0.39 is 10.4 Å². The largest absolute Gasteiger partial charge is 2.00 e. The van der Waals surface area contributed by atoms with Gasteiger partial charge in [-0.05, 0) is 0 Å². The molecule has 7 heteroatoms. The van der Waals surface area contributed by atoms with Gasteiger partial charge in [0.25, 0.3) is 0 Å². The second kappa shape index (κ2) is 7.35. The van der Waals surface area contributed by atoms with Crippen molar-refractivity contribution in [3.05, 3.63) is 0 Å². The van der Waals surface area contributed by atoms with Gasteiger partial charge < -0.3 is 14.2 Å². The van der Waals surface area contributed by atoms with Crippen LogP contribution in [-0.4, -0.2) is 29.7 Å². The van der Waals surface area contributed by atoms with Crippen molar-refractivity contribution in [2.45, 2.75) is 0 Å². The average Bonchev–Trinajstić information content (AvgIpc) is 1.36. The van der Waals surface area contributed by atoms with Gasteiger partial charge in [0.15, 0.2) is 0 Å². The summed E-state index contributed by atoms with van der Waals surface area (Å²) in [6, 6.07) is 0. The van der Waals surface area contributed by atoms with Crippen molar-refractivity contribution >= 4 is 10.4 Å². The normalized spacial score (nSPS) is 8.00. The molecule has 8 heavy (non-hydrogen) atoms. The molecule has 0 aromatic heterocycles. The summed E-state index contributed by atoms with van der Waals surface area (Å²) in [6.45, 7) is 0. The van der Waals surface area contributed by atoms with Gasteiger partial charge in [-0.25, -0.2) is 0 Å². The number of hydrogen-bond donors (Lipinski definition) is 1. The molecule has 0 aromatic carbocycles. The van der Waals surface area contributed by atoms with Gasteiger partial charge >= 0.3 is 17.1 Å². The zero-order chi connectivity index (χ0) is 6.50. The Bertz CT molecular complexity index is 95.6. The van der Waals surface area contributed by atoms with Crippen LogP contribution in [-0.2, 0) is 27.5 Å². The molecule has 0 spiro atoms. The van der Waals surface area contributed by atoms with Crippen LogP contribution in [0.2, 0.25) is 0 Å². The summed E-state index contributed by atoms with van der Waals surface area (Å²) in [6.07, 6.45) is 0. The van der Waals surface area contributed by atoms with Crippen LogP contribution in [0.25, 0.3) is 0 Å². The predicted octanol–water partition coefficient (Wildman–Crippen LogP) is -1.73. The number of hydrogen-bond acceptors (Lipinski definition) is 5. The Morgan fingerprint density at radius 3 is 1.25 bits per heavy atom. The summed E-state index contributed by atoms with van der Waals surface area (Å²) in [7, 11) is -4.17. The van der Waals surface area contributed by atoms with Gasteiger partial charge in [-0.2, -0.15) is 0 Å². The molecule has 0 saturated carbocycles. The second-order valence-corrected chi connectivity index (χ2v) is 1.22. The summed E-state index contributed by atoms with van der Waals surface area (Å²) in [4.78, 5) is 0. The van der Waals surface area contributed by atoms with Gasteiger partial charge in [-0.15, -0.1) is 0 Å². The molecule has 0 saturated heterocycles. The molecule has 0 bridgehead atoms. The van der Waals surface area contributed by atoms with Crippen molar-refractivity contribution in [3.8, 4) is 0 Å². The summed E-state index contributed by atoms with van der Waals surface area (Å²) >= 11 is 0. The van der Waals surface area contributed by atoms with E-state index in [2.05, 4.69) is 0 Å². The maximum absolute atomic E-state index is 8.52. The maximum Gasteiger partial charge on any atom is 2.00 e. The van der Waals surface area contributed by atoms with E-state index in [0.29, 0.717) is 0 Å². The second-order valence-electron chi connectivity index (χ2n) is 0.408. The van der Waals surface area contributed by atoms with Crippen LogP contribution < -0.4 is 0 Å². The zero-order valence-electron chi connectivity index (χ0n) is 3.79. The third-order valence-electron chi connectivity index (χ3n) is 0. The molecular weight excluding hydrogens is 188 g/mol. The SMILES string of the molecule is CO.O=S(=O)([O-])[O-].[Cu+2]. The van der Waals surface area contributed by atoms with Gasteiger partial charge in [-0.1, -0.05) is 0 Å². The first-order chi connectivity index (χ1) is 3.00. The minimum absolute atomic E-state index is 0. The Morgan fingerprint density at radius 2 is 1.25 bits per heavy atom. The first-order valence-corrected chi connectivity index (χ1v) is 2.45. The number of aliphatic hydroxyl groups is 1. The zero-order valence-corrected chi connectivity index (χ0v) is 5.55. The van der Waals surface area contributed by atoms with Crippen molar-refractivity contribution in [1.82, 2.24) is 0 Å². The molecule has 0 aromatic rings. The fourth-order valence-electron chi connectivity index (χ4n) is 0. The molecule has 0 unspecified atom stereocenters. The standard InChI is InChI=1S/CH4O.Cu.H2O4S/c1-2;;1-5(2,3)4/h2H,1H3;;(H2,1,2,3,4)/q;+2;/p-2.